The maximum Gasteiger partial charge on any atom is 0.418 e. The summed E-state index contributed by atoms with van der Waals surface area (Å²) in [6.07, 6.45) is -4.66. The number of amides is 3. The van der Waals surface area contributed by atoms with E-state index >= 15 is 0 Å². The zero-order valence-electron chi connectivity index (χ0n) is 23.7. The first-order valence-electron chi connectivity index (χ1n) is 13.8. The number of halogens is 4. The third-order valence-corrected chi connectivity index (χ3v) is 10.3. The molecule has 0 bridgehead atoms. The lowest BCUT2D eigenvalue weighted by molar-refractivity contribution is -0.137. The van der Waals surface area contributed by atoms with Crippen molar-refractivity contribution in [2.45, 2.75) is 29.3 Å². The first-order chi connectivity index (χ1) is 22.0. The van der Waals surface area contributed by atoms with E-state index in [1.807, 2.05) is 0 Å². The van der Waals surface area contributed by atoms with Gasteiger partial charge in [-0.15, -0.1) is 0 Å². The molecule has 6 rings (SSSR count). The standard InChI is InChI=1S/C31H23BrF3N3O6S2/c1-2-43-21-13-15(7-12-20(21)44-14-22(39)36-19-6-4-3-5-18(19)31(33,34)35)23-24-26(45-27-25(23)46-30(42)37-27)29(41)38(28(24)40)17-10-8-16(32)9-11-17/h3-13,23-24,26H,2,14H2,1H3,(H,36,39)(H,37,42)/t23-,24-,26+/m0/s1. The molecule has 1 fully saturated rings. The molecule has 0 unspecified atom stereocenters. The van der Waals surface area contributed by atoms with Crippen LogP contribution in [-0.2, 0) is 20.6 Å². The molecule has 46 heavy (non-hydrogen) atoms. The van der Waals surface area contributed by atoms with Gasteiger partial charge in [0.25, 0.3) is 5.91 Å². The van der Waals surface area contributed by atoms with Gasteiger partial charge in [0, 0.05) is 15.3 Å². The summed E-state index contributed by atoms with van der Waals surface area (Å²) in [5.41, 5.74) is -0.386. The number of hydrogen-bond acceptors (Lipinski definition) is 8. The van der Waals surface area contributed by atoms with Crippen molar-refractivity contribution in [2.75, 3.05) is 23.4 Å². The molecule has 15 heteroatoms. The average Bonchev–Trinajstić information content (AvgIpc) is 3.50. The fourth-order valence-electron chi connectivity index (χ4n) is 5.50. The highest BCUT2D eigenvalue weighted by atomic mass is 79.9. The van der Waals surface area contributed by atoms with Crippen LogP contribution < -0.4 is 24.6 Å². The first kappa shape index (κ1) is 31.9. The van der Waals surface area contributed by atoms with Gasteiger partial charge in [0.2, 0.25) is 11.8 Å². The van der Waals surface area contributed by atoms with Gasteiger partial charge >= 0.3 is 11.0 Å². The maximum atomic E-state index is 14.0. The van der Waals surface area contributed by atoms with E-state index in [-0.39, 0.29) is 23.0 Å². The lowest BCUT2D eigenvalue weighted by atomic mass is 9.83. The van der Waals surface area contributed by atoms with E-state index in [0.717, 1.165) is 39.7 Å². The summed E-state index contributed by atoms with van der Waals surface area (Å²) in [4.78, 5) is 56.9. The fourth-order valence-corrected chi connectivity index (χ4v) is 8.27. The van der Waals surface area contributed by atoms with Gasteiger partial charge < -0.3 is 19.8 Å². The van der Waals surface area contributed by atoms with Gasteiger partial charge in [0.1, 0.15) is 5.25 Å². The second-order valence-electron chi connectivity index (χ2n) is 10.3. The maximum absolute atomic E-state index is 14.0. The van der Waals surface area contributed by atoms with Gasteiger partial charge in [0.15, 0.2) is 18.1 Å². The zero-order valence-corrected chi connectivity index (χ0v) is 26.9. The van der Waals surface area contributed by atoms with Crippen LogP contribution in [0, 0.1) is 5.92 Å². The SMILES string of the molecule is CCOc1cc([C@@H]2c3sc(=O)[nH]c3S[C@H]3C(=O)N(c4ccc(Br)cc4)C(=O)[C@@H]23)ccc1OCC(=O)Nc1ccccc1C(F)(F)F. The number of hydrogen-bond donors (Lipinski definition) is 2. The lowest BCUT2D eigenvalue weighted by Gasteiger charge is -2.30. The van der Waals surface area contributed by atoms with Crippen molar-refractivity contribution in [2.24, 2.45) is 5.92 Å². The number of aromatic amines is 1. The van der Waals surface area contributed by atoms with Gasteiger partial charge in [-0.3, -0.25) is 19.2 Å². The predicted molar refractivity (Wildman–Crippen MR) is 170 cm³/mol. The van der Waals surface area contributed by atoms with Crippen molar-refractivity contribution in [3.05, 3.63) is 96.9 Å². The molecule has 3 atom stereocenters. The molecular formula is C31H23BrF3N3O6S2. The summed E-state index contributed by atoms with van der Waals surface area (Å²) < 4.78 is 52.3. The number of carbonyl (C=O) groups is 3. The van der Waals surface area contributed by atoms with Crippen LogP contribution in [0.15, 0.2) is 81.0 Å². The second-order valence-corrected chi connectivity index (χ2v) is 13.3. The smallest absolute Gasteiger partial charge is 0.418 e. The van der Waals surface area contributed by atoms with Gasteiger partial charge in [-0.25, -0.2) is 4.90 Å². The molecule has 0 spiro atoms. The number of thiazole rings is 1. The van der Waals surface area contributed by atoms with Crippen molar-refractivity contribution >= 4 is 68.1 Å². The molecule has 3 amide bonds. The molecule has 0 aliphatic carbocycles. The average molecular weight is 735 g/mol. The van der Waals surface area contributed by atoms with E-state index in [0.29, 0.717) is 21.2 Å². The van der Waals surface area contributed by atoms with Crippen molar-refractivity contribution in [3.63, 3.8) is 0 Å². The summed E-state index contributed by atoms with van der Waals surface area (Å²) in [7, 11) is 0. The van der Waals surface area contributed by atoms with E-state index in [4.69, 9.17) is 9.47 Å². The van der Waals surface area contributed by atoms with E-state index in [1.54, 1.807) is 43.3 Å². The molecule has 3 heterocycles. The highest BCUT2D eigenvalue weighted by Gasteiger charge is 2.56. The normalized spacial score (nSPS) is 19.1. The third-order valence-electron chi connectivity index (χ3n) is 7.40. The van der Waals surface area contributed by atoms with Gasteiger partial charge in [-0.2, -0.15) is 13.2 Å². The molecule has 3 aromatic carbocycles. The molecule has 1 saturated heterocycles. The van der Waals surface area contributed by atoms with Crippen LogP contribution in [0.4, 0.5) is 24.5 Å². The minimum absolute atomic E-state index is 0.138. The Bertz CT molecular complexity index is 1900. The number of para-hydroxylation sites is 1. The largest absolute Gasteiger partial charge is 0.490 e. The topological polar surface area (TPSA) is 118 Å². The molecule has 0 radical (unpaired) electrons. The van der Waals surface area contributed by atoms with E-state index in [2.05, 4.69) is 26.2 Å². The Morgan fingerprint density at radius 1 is 1.00 bits per heavy atom. The van der Waals surface area contributed by atoms with E-state index in [9.17, 15) is 32.3 Å². The number of aromatic nitrogens is 1. The molecule has 2 aliphatic heterocycles. The zero-order chi connectivity index (χ0) is 32.7. The number of thioether (sulfide) groups is 1. The van der Waals surface area contributed by atoms with Gasteiger partial charge in [0.05, 0.1) is 34.5 Å². The number of fused-ring (bicyclic) bond motifs is 2. The van der Waals surface area contributed by atoms with Crippen LogP contribution in [0.2, 0.25) is 0 Å². The number of alkyl halides is 3. The third kappa shape index (κ3) is 6.06. The Kier molecular flexibility index (Phi) is 8.74. The van der Waals surface area contributed by atoms with Gasteiger partial charge in [-0.1, -0.05) is 57.2 Å². The lowest BCUT2D eigenvalue weighted by Crippen LogP contribution is -2.32. The molecule has 1 aromatic heterocycles. The molecular weight excluding hydrogens is 711 g/mol. The number of nitrogens with one attached hydrogen (secondary N) is 2. The van der Waals surface area contributed by atoms with Crippen molar-refractivity contribution in [1.29, 1.82) is 0 Å². The van der Waals surface area contributed by atoms with E-state index < -0.39 is 58.8 Å². The minimum Gasteiger partial charge on any atom is -0.490 e. The Morgan fingerprint density at radius 3 is 2.46 bits per heavy atom. The van der Waals surface area contributed by atoms with Crippen LogP contribution in [0.1, 0.15) is 28.8 Å². The molecule has 4 aromatic rings. The molecule has 2 aliphatic rings. The Labute approximate surface area is 276 Å². The van der Waals surface area contributed by atoms with Crippen molar-refractivity contribution in [3.8, 4) is 11.5 Å². The quantitative estimate of drug-likeness (QED) is 0.201. The van der Waals surface area contributed by atoms with Crippen LogP contribution in [0.25, 0.3) is 0 Å². The number of imide groups is 1. The summed E-state index contributed by atoms with van der Waals surface area (Å²) in [5, 5.41) is 1.95. The van der Waals surface area contributed by atoms with Crippen LogP contribution in [0.3, 0.4) is 0 Å². The molecule has 238 valence electrons. The monoisotopic (exact) mass is 733 g/mol. The summed E-state index contributed by atoms with van der Waals surface area (Å²) in [6.45, 7) is 1.32. The number of nitrogens with zero attached hydrogens (tertiary/aromatic N) is 1. The predicted octanol–water partition coefficient (Wildman–Crippen LogP) is 6.43. The van der Waals surface area contributed by atoms with E-state index in [1.165, 1.54) is 23.1 Å². The van der Waals surface area contributed by atoms with Crippen molar-refractivity contribution < 1.29 is 37.0 Å². The highest BCUT2D eigenvalue weighted by Crippen LogP contribution is 2.54. The summed E-state index contributed by atoms with van der Waals surface area (Å²) in [5.74, 6) is -2.79. The van der Waals surface area contributed by atoms with Crippen LogP contribution in [0.5, 0.6) is 11.5 Å². The number of benzene rings is 3. The number of ether oxygens (including phenoxy) is 2. The van der Waals surface area contributed by atoms with Crippen LogP contribution in [-0.4, -0.2) is 41.2 Å². The Hall–Kier alpha value is -4.08. The molecule has 9 nitrogen and oxygen atoms in total. The van der Waals surface area contributed by atoms with Crippen LogP contribution >= 0.6 is 39.0 Å². The molecule has 0 saturated carbocycles. The number of rotatable bonds is 8. The summed E-state index contributed by atoms with van der Waals surface area (Å²) >= 11 is 5.48. The Morgan fingerprint density at radius 2 is 1.74 bits per heavy atom. The van der Waals surface area contributed by atoms with Gasteiger partial charge in [-0.05, 0) is 61.0 Å². The minimum atomic E-state index is -4.66. The number of carbonyl (C=O) groups excluding carboxylic acids is 3. The van der Waals surface area contributed by atoms with Crippen molar-refractivity contribution in [1.82, 2.24) is 4.98 Å². The fraction of sp³-hybridized carbons (Fsp3) is 0.226. The first-order valence-corrected chi connectivity index (χ1v) is 16.3. The molecule has 2 N–H and O–H groups in total. The summed E-state index contributed by atoms with van der Waals surface area (Å²) in [6, 6.07) is 16.2. The Balaban J connectivity index is 1.29. The number of anilines is 2. The highest BCUT2D eigenvalue weighted by molar-refractivity contribution is 9.10. The second kappa shape index (κ2) is 12.6. The number of H-pyrrole nitrogens is 1.